The second-order valence-corrected chi connectivity index (χ2v) is 8.98. The molecule has 1 aliphatic rings. The molecule has 0 aliphatic carbocycles. The first-order valence-electron chi connectivity index (χ1n) is 12.3. The lowest BCUT2D eigenvalue weighted by atomic mass is 10.1. The predicted molar refractivity (Wildman–Crippen MR) is 143 cm³/mol. The van der Waals surface area contributed by atoms with Crippen molar-refractivity contribution >= 4 is 29.0 Å². The molecule has 0 unspecified atom stereocenters. The van der Waals surface area contributed by atoms with Crippen LogP contribution in [0, 0.1) is 12.7 Å². The largest absolute Gasteiger partial charge is 0.457 e. The lowest BCUT2D eigenvalue weighted by molar-refractivity contribution is 0.102. The van der Waals surface area contributed by atoms with Crippen molar-refractivity contribution in [2.45, 2.75) is 26.2 Å². The third kappa shape index (κ3) is 6.41. The molecule has 2 N–H and O–H groups in total. The zero-order chi connectivity index (χ0) is 25.6. The van der Waals surface area contributed by atoms with Crippen LogP contribution in [-0.4, -0.2) is 29.0 Å². The molecule has 0 spiro atoms. The van der Waals surface area contributed by atoms with Crippen LogP contribution in [0.1, 0.15) is 35.3 Å². The number of carbonyl (C=O) groups is 1. The van der Waals surface area contributed by atoms with E-state index >= 15 is 0 Å². The molecule has 1 amide bonds. The maximum Gasteiger partial charge on any atom is 0.255 e. The van der Waals surface area contributed by atoms with Gasteiger partial charge in [-0.25, -0.2) is 9.37 Å². The van der Waals surface area contributed by atoms with E-state index in [1.807, 2.05) is 37.3 Å². The van der Waals surface area contributed by atoms with Crippen molar-refractivity contribution in [3.05, 3.63) is 95.9 Å². The van der Waals surface area contributed by atoms with Gasteiger partial charge >= 0.3 is 0 Å². The fourth-order valence-corrected chi connectivity index (χ4v) is 4.18. The summed E-state index contributed by atoms with van der Waals surface area (Å²) >= 11 is 0. The van der Waals surface area contributed by atoms with Gasteiger partial charge in [0, 0.05) is 41.8 Å². The topological polar surface area (TPSA) is 79.4 Å². The first-order valence-corrected chi connectivity index (χ1v) is 12.3. The molecule has 1 aliphatic heterocycles. The molecule has 2 heterocycles. The van der Waals surface area contributed by atoms with Crippen LogP contribution in [0.2, 0.25) is 0 Å². The molecule has 0 saturated carbocycles. The summed E-state index contributed by atoms with van der Waals surface area (Å²) < 4.78 is 18.9. The highest BCUT2D eigenvalue weighted by atomic mass is 19.1. The number of benzene rings is 3. The molecule has 4 aromatic rings. The number of aryl methyl sites for hydroxylation is 1. The number of hydrogen-bond acceptors (Lipinski definition) is 6. The summed E-state index contributed by atoms with van der Waals surface area (Å²) in [6.07, 6.45) is 3.59. The Balaban J connectivity index is 1.22. The number of ether oxygens (including phenoxy) is 1. The Bertz CT molecular complexity index is 1370. The van der Waals surface area contributed by atoms with E-state index in [1.165, 1.54) is 43.5 Å². The van der Waals surface area contributed by atoms with Crippen LogP contribution in [0.25, 0.3) is 0 Å². The minimum atomic E-state index is -0.337. The molecule has 3 aromatic carbocycles. The second kappa shape index (κ2) is 11.1. The summed E-state index contributed by atoms with van der Waals surface area (Å²) in [5, 5.41) is 6.24. The van der Waals surface area contributed by atoms with E-state index in [9.17, 15) is 9.18 Å². The molecule has 5 rings (SSSR count). The van der Waals surface area contributed by atoms with E-state index in [1.54, 1.807) is 24.3 Å². The fourth-order valence-electron chi connectivity index (χ4n) is 4.18. The number of anilines is 4. The molecule has 37 heavy (non-hydrogen) atoms. The lowest BCUT2D eigenvalue weighted by Crippen LogP contribution is -2.31. The van der Waals surface area contributed by atoms with Crippen molar-refractivity contribution in [1.29, 1.82) is 0 Å². The van der Waals surface area contributed by atoms with Crippen molar-refractivity contribution in [2.75, 3.05) is 28.6 Å². The predicted octanol–water partition coefficient (Wildman–Crippen LogP) is 6.70. The first kappa shape index (κ1) is 24.2. The van der Waals surface area contributed by atoms with E-state index in [2.05, 4.69) is 20.5 Å². The minimum Gasteiger partial charge on any atom is -0.457 e. The number of hydrogen-bond donors (Lipinski definition) is 2. The number of halogens is 1. The Morgan fingerprint density at radius 3 is 2.35 bits per heavy atom. The van der Waals surface area contributed by atoms with Crippen LogP contribution in [-0.2, 0) is 0 Å². The average molecular weight is 498 g/mol. The van der Waals surface area contributed by atoms with Crippen LogP contribution in [0.3, 0.4) is 0 Å². The number of amides is 1. The van der Waals surface area contributed by atoms with Crippen LogP contribution >= 0.6 is 0 Å². The monoisotopic (exact) mass is 497 g/mol. The third-order valence-electron chi connectivity index (χ3n) is 6.04. The summed E-state index contributed by atoms with van der Waals surface area (Å²) in [5.41, 5.74) is 2.87. The molecule has 0 bridgehead atoms. The van der Waals surface area contributed by atoms with E-state index in [0.717, 1.165) is 36.2 Å². The molecule has 7 nitrogen and oxygen atoms in total. The number of carbonyl (C=O) groups excluding carboxylic acids is 1. The van der Waals surface area contributed by atoms with Crippen LogP contribution in [0.15, 0.2) is 78.9 Å². The Morgan fingerprint density at radius 2 is 1.59 bits per heavy atom. The van der Waals surface area contributed by atoms with Crippen LogP contribution in [0.4, 0.5) is 27.5 Å². The Labute approximate surface area is 215 Å². The van der Waals surface area contributed by atoms with Gasteiger partial charge in [-0.3, -0.25) is 4.79 Å². The zero-order valence-electron chi connectivity index (χ0n) is 20.6. The van der Waals surface area contributed by atoms with Crippen LogP contribution < -0.4 is 20.3 Å². The quantitative estimate of drug-likeness (QED) is 0.296. The van der Waals surface area contributed by atoms with E-state index in [4.69, 9.17) is 9.72 Å². The summed E-state index contributed by atoms with van der Waals surface area (Å²) in [5.74, 6) is 1.88. The highest BCUT2D eigenvalue weighted by molar-refractivity contribution is 6.04. The van der Waals surface area contributed by atoms with Gasteiger partial charge in [-0.1, -0.05) is 6.07 Å². The summed E-state index contributed by atoms with van der Waals surface area (Å²) in [6.45, 7) is 3.94. The smallest absolute Gasteiger partial charge is 0.255 e. The third-order valence-corrected chi connectivity index (χ3v) is 6.04. The Morgan fingerprint density at radius 1 is 0.865 bits per heavy atom. The summed E-state index contributed by atoms with van der Waals surface area (Å²) in [4.78, 5) is 24.4. The van der Waals surface area contributed by atoms with Crippen molar-refractivity contribution in [3.8, 4) is 11.5 Å². The Hall–Kier alpha value is -4.46. The number of nitrogens with one attached hydrogen (secondary N) is 2. The SMILES string of the molecule is Cc1cc(Nc2ccc(NC(=O)c3cccc(Oc4ccc(F)cc4)c3)cc2)nc(N2CCCCC2)n1. The fraction of sp³-hybridized carbons (Fsp3) is 0.207. The highest BCUT2D eigenvalue weighted by Gasteiger charge is 2.15. The van der Waals surface area contributed by atoms with Crippen molar-refractivity contribution in [1.82, 2.24) is 9.97 Å². The van der Waals surface area contributed by atoms with Gasteiger partial charge < -0.3 is 20.3 Å². The Kier molecular flexibility index (Phi) is 7.26. The van der Waals surface area contributed by atoms with E-state index < -0.39 is 0 Å². The first-order chi connectivity index (χ1) is 18.0. The van der Waals surface area contributed by atoms with Crippen molar-refractivity contribution in [3.63, 3.8) is 0 Å². The minimum absolute atomic E-state index is 0.261. The molecule has 0 radical (unpaired) electrons. The molecule has 1 saturated heterocycles. The summed E-state index contributed by atoms with van der Waals surface area (Å²) in [6, 6.07) is 21.9. The summed E-state index contributed by atoms with van der Waals surface area (Å²) in [7, 11) is 0. The van der Waals surface area contributed by atoms with E-state index in [-0.39, 0.29) is 11.7 Å². The second-order valence-electron chi connectivity index (χ2n) is 8.98. The lowest BCUT2D eigenvalue weighted by Gasteiger charge is -2.27. The van der Waals surface area contributed by atoms with Gasteiger partial charge in [0.2, 0.25) is 5.95 Å². The number of rotatable bonds is 7. The number of piperidine rings is 1. The van der Waals surface area contributed by atoms with E-state index in [0.29, 0.717) is 22.7 Å². The van der Waals surface area contributed by atoms with Crippen molar-refractivity contribution < 1.29 is 13.9 Å². The number of aromatic nitrogens is 2. The average Bonchev–Trinajstić information content (AvgIpc) is 2.91. The maximum atomic E-state index is 13.1. The molecule has 0 atom stereocenters. The van der Waals surface area contributed by atoms with Gasteiger partial charge in [0.05, 0.1) is 0 Å². The maximum absolute atomic E-state index is 13.1. The van der Waals surface area contributed by atoms with Gasteiger partial charge in [-0.2, -0.15) is 4.98 Å². The molecule has 1 fully saturated rings. The van der Waals surface area contributed by atoms with Gasteiger partial charge in [-0.15, -0.1) is 0 Å². The normalized spacial score (nSPS) is 13.2. The molecular weight excluding hydrogens is 469 g/mol. The number of nitrogens with zero attached hydrogens (tertiary/aromatic N) is 3. The molecular formula is C29H28FN5O2. The molecule has 8 heteroatoms. The van der Waals surface area contributed by atoms with Gasteiger partial charge in [0.15, 0.2) is 0 Å². The highest BCUT2D eigenvalue weighted by Crippen LogP contribution is 2.24. The van der Waals surface area contributed by atoms with Crippen LogP contribution in [0.5, 0.6) is 11.5 Å². The standard InChI is InChI=1S/C29H28FN5O2/c1-20-18-27(34-29(31-20)35-16-3-2-4-17-35)32-23-10-12-24(13-11-23)33-28(36)21-6-5-7-26(19-21)37-25-14-8-22(30)9-15-25/h5-15,18-19H,2-4,16-17H2,1H3,(H,33,36)(H,31,32,34). The zero-order valence-corrected chi connectivity index (χ0v) is 20.6. The van der Waals surface area contributed by atoms with Gasteiger partial charge in [-0.05, 0) is 92.9 Å². The van der Waals surface area contributed by atoms with Gasteiger partial charge in [0.25, 0.3) is 5.91 Å². The van der Waals surface area contributed by atoms with Gasteiger partial charge in [0.1, 0.15) is 23.1 Å². The molecule has 1 aromatic heterocycles. The molecule has 188 valence electrons. The van der Waals surface area contributed by atoms with Crippen molar-refractivity contribution in [2.24, 2.45) is 0 Å².